The summed E-state index contributed by atoms with van der Waals surface area (Å²) >= 11 is 9.55. The van der Waals surface area contributed by atoms with Gasteiger partial charge in [0.1, 0.15) is 6.04 Å². The van der Waals surface area contributed by atoms with E-state index in [9.17, 15) is 4.79 Å². The van der Waals surface area contributed by atoms with Crippen molar-refractivity contribution in [1.29, 1.82) is 0 Å². The molecule has 0 fully saturated rings. The van der Waals surface area contributed by atoms with Gasteiger partial charge in [-0.15, -0.1) is 0 Å². The molecule has 0 aliphatic heterocycles. The Morgan fingerprint density at radius 1 is 1.50 bits per heavy atom. The van der Waals surface area contributed by atoms with E-state index in [4.69, 9.17) is 16.3 Å². The van der Waals surface area contributed by atoms with Gasteiger partial charge in [0.15, 0.2) is 0 Å². The van der Waals surface area contributed by atoms with Crippen LogP contribution in [0.2, 0.25) is 5.02 Å². The van der Waals surface area contributed by atoms with Crippen LogP contribution in [-0.2, 0) is 9.53 Å². The molecule has 4 nitrogen and oxygen atoms in total. The van der Waals surface area contributed by atoms with Crippen LogP contribution in [0.3, 0.4) is 0 Å². The Kier molecular flexibility index (Phi) is 7.34. The molecular weight excluding hydrogens is 344 g/mol. The number of carbonyl (C=O) groups excluding carboxylic acids is 1. The number of benzene rings is 1. The zero-order valence-corrected chi connectivity index (χ0v) is 14.3. The normalized spacial score (nSPS) is 12.1. The number of halogens is 2. The molecule has 1 rings (SSSR count). The Labute approximate surface area is 133 Å². The van der Waals surface area contributed by atoms with Crippen LogP contribution in [0.5, 0.6) is 0 Å². The third-order valence-corrected chi connectivity index (χ3v) is 3.90. The molecule has 0 bridgehead atoms. The molecule has 20 heavy (non-hydrogen) atoms. The molecule has 0 radical (unpaired) electrons. The van der Waals surface area contributed by atoms with Crippen molar-refractivity contribution in [1.82, 2.24) is 5.32 Å². The summed E-state index contributed by atoms with van der Waals surface area (Å²) in [6.07, 6.45) is 0.801. The number of hydrogen-bond acceptors (Lipinski definition) is 3. The van der Waals surface area contributed by atoms with Gasteiger partial charge in [-0.2, -0.15) is 0 Å². The maximum Gasteiger partial charge on any atom is 0.242 e. The van der Waals surface area contributed by atoms with E-state index in [0.717, 1.165) is 22.1 Å². The minimum Gasteiger partial charge on any atom is -0.385 e. The molecule has 6 heteroatoms. The van der Waals surface area contributed by atoms with Crippen LogP contribution >= 0.6 is 27.5 Å². The zero-order chi connectivity index (χ0) is 15.1. The number of aryl methyl sites for hydroxylation is 1. The smallest absolute Gasteiger partial charge is 0.242 e. The average molecular weight is 364 g/mol. The lowest BCUT2D eigenvalue weighted by Gasteiger charge is -2.17. The minimum atomic E-state index is -0.340. The molecule has 2 N–H and O–H groups in total. The second-order valence-electron chi connectivity index (χ2n) is 4.58. The lowest BCUT2D eigenvalue weighted by molar-refractivity contribution is -0.121. The fourth-order valence-electron chi connectivity index (χ4n) is 1.64. The van der Waals surface area contributed by atoms with Crippen molar-refractivity contribution >= 4 is 39.1 Å². The highest BCUT2D eigenvalue weighted by Crippen LogP contribution is 2.29. The summed E-state index contributed by atoms with van der Waals surface area (Å²) < 4.78 is 5.82. The SMILES string of the molecule is COCCCNC(=O)C(C)Nc1cc(Cl)c(C)cc1Br. The van der Waals surface area contributed by atoms with Gasteiger partial charge in [0.05, 0.1) is 5.69 Å². The van der Waals surface area contributed by atoms with Crippen molar-refractivity contribution in [3.05, 3.63) is 27.2 Å². The molecule has 1 aromatic carbocycles. The second kappa shape index (κ2) is 8.49. The lowest BCUT2D eigenvalue weighted by atomic mass is 10.2. The molecule has 0 heterocycles. The predicted molar refractivity (Wildman–Crippen MR) is 86.5 cm³/mol. The number of ether oxygens (including phenoxy) is 1. The van der Waals surface area contributed by atoms with E-state index >= 15 is 0 Å². The van der Waals surface area contributed by atoms with E-state index in [-0.39, 0.29) is 11.9 Å². The highest BCUT2D eigenvalue weighted by Gasteiger charge is 2.14. The van der Waals surface area contributed by atoms with Gasteiger partial charge in [-0.25, -0.2) is 0 Å². The Hall–Kier alpha value is -0.780. The Morgan fingerprint density at radius 3 is 2.85 bits per heavy atom. The summed E-state index contributed by atoms with van der Waals surface area (Å²) in [5.41, 5.74) is 1.79. The van der Waals surface area contributed by atoms with Crippen LogP contribution in [0.1, 0.15) is 18.9 Å². The van der Waals surface area contributed by atoms with Crippen molar-refractivity contribution in [2.24, 2.45) is 0 Å². The predicted octanol–water partition coefficient (Wildman–Crippen LogP) is 3.36. The van der Waals surface area contributed by atoms with Crippen LogP contribution in [0.15, 0.2) is 16.6 Å². The van der Waals surface area contributed by atoms with Crippen molar-refractivity contribution < 1.29 is 9.53 Å². The molecule has 1 amide bonds. The van der Waals surface area contributed by atoms with Crippen LogP contribution in [0.4, 0.5) is 5.69 Å². The second-order valence-corrected chi connectivity index (χ2v) is 5.85. The summed E-state index contributed by atoms with van der Waals surface area (Å²) in [6.45, 7) is 4.99. The number of rotatable bonds is 7. The molecule has 1 atom stereocenters. The quantitative estimate of drug-likeness (QED) is 0.730. The van der Waals surface area contributed by atoms with Gasteiger partial charge in [-0.3, -0.25) is 4.79 Å². The van der Waals surface area contributed by atoms with Crippen molar-refractivity contribution in [2.45, 2.75) is 26.3 Å². The highest BCUT2D eigenvalue weighted by molar-refractivity contribution is 9.10. The Bertz CT molecular complexity index is 469. The van der Waals surface area contributed by atoms with Gasteiger partial charge in [0.2, 0.25) is 5.91 Å². The third-order valence-electron chi connectivity index (χ3n) is 2.84. The first-order chi connectivity index (χ1) is 9.45. The number of carbonyl (C=O) groups is 1. The van der Waals surface area contributed by atoms with Gasteiger partial charge in [0.25, 0.3) is 0 Å². The molecule has 0 saturated carbocycles. The van der Waals surface area contributed by atoms with Gasteiger partial charge >= 0.3 is 0 Å². The monoisotopic (exact) mass is 362 g/mol. The van der Waals surface area contributed by atoms with E-state index in [1.54, 1.807) is 7.11 Å². The van der Waals surface area contributed by atoms with E-state index < -0.39 is 0 Å². The fourth-order valence-corrected chi connectivity index (χ4v) is 2.37. The molecule has 0 aliphatic rings. The molecular formula is C14H20BrClN2O2. The minimum absolute atomic E-state index is 0.0512. The van der Waals surface area contributed by atoms with Crippen molar-refractivity contribution in [3.8, 4) is 0 Å². The number of methoxy groups -OCH3 is 1. The summed E-state index contributed by atoms with van der Waals surface area (Å²) in [6, 6.07) is 3.40. The van der Waals surface area contributed by atoms with Crippen LogP contribution < -0.4 is 10.6 Å². The average Bonchev–Trinajstić information content (AvgIpc) is 2.40. The molecule has 0 aliphatic carbocycles. The molecule has 1 aromatic rings. The molecule has 0 saturated heterocycles. The molecule has 0 spiro atoms. The van der Waals surface area contributed by atoms with Crippen molar-refractivity contribution in [3.63, 3.8) is 0 Å². The number of hydrogen-bond donors (Lipinski definition) is 2. The highest BCUT2D eigenvalue weighted by atomic mass is 79.9. The van der Waals surface area contributed by atoms with Gasteiger partial charge in [-0.1, -0.05) is 11.6 Å². The Morgan fingerprint density at radius 2 is 2.20 bits per heavy atom. The lowest BCUT2D eigenvalue weighted by Crippen LogP contribution is -2.38. The summed E-state index contributed by atoms with van der Waals surface area (Å²) in [5.74, 6) is -0.0512. The first kappa shape index (κ1) is 17.3. The fraction of sp³-hybridized carbons (Fsp3) is 0.500. The molecule has 0 aromatic heterocycles. The summed E-state index contributed by atoms with van der Waals surface area (Å²) in [7, 11) is 1.64. The first-order valence-corrected chi connectivity index (χ1v) is 7.61. The number of nitrogens with one attached hydrogen (secondary N) is 2. The number of amides is 1. The summed E-state index contributed by atoms with van der Waals surface area (Å²) in [4.78, 5) is 11.9. The topological polar surface area (TPSA) is 50.4 Å². The maximum absolute atomic E-state index is 11.9. The van der Waals surface area contributed by atoms with Crippen molar-refractivity contribution in [2.75, 3.05) is 25.6 Å². The molecule has 1 unspecified atom stereocenters. The molecule has 112 valence electrons. The van der Waals surface area contributed by atoms with Gasteiger partial charge < -0.3 is 15.4 Å². The third kappa shape index (κ3) is 5.31. The van der Waals surface area contributed by atoms with E-state index in [1.807, 2.05) is 26.0 Å². The standard InChI is InChI=1S/C14H20BrClN2O2/c1-9-7-11(15)13(8-12(9)16)18-10(2)14(19)17-5-4-6-20-3/h7-8,10,18H,4-6H2,1-3H3,(H,17,19). The van der Waals surface area contributed by atoms with Gasteiger partial charge in [0, 0.05) is 29.8 Å². The van der Waals surface area contributed by atoms with Crippen LogP contribution in [0.25, 0.3) is 0 Å². The first-order valence-electron chi connectivity index (χ1n) is 6.44. The maximum atomic E-state index is 11.9. The van der Waals surface area contributed by atoms with Crippen LogP contribution in [0, 0.1) is 6.92 Å². The largest absolute Gasteiger partial charge is 0.385 e. The van der Waals surface area contributed by atoms with E-state index in [0.29, 0.717) is 18.2 Å². The summed E-state index contributed by atoms with van der Waals surface area (Å²) in [5, 5.41) is 6.67. The Balaban J connectivity index is 2.55. The van der Waals surface area contributed by atoms with E-state index in [2.05, 4.69) is 26.6 Å². The van der Waals surface area contributed by atoms with Gasteiger partial charge in [-0.05, 0) is 53.9 Å². The number of anilines is 1. The van der Waals surface area contributed by atoms with E-state index in [1.165, 1.54) is 0 Å². The van der Waals surface area contributed by atoms with Crippen LogP contribution in [-0.4, -0.2) is 32.2 Å². The zero-order valence-electron chi connectivity index (χ0n) is 11.9.